The van der Waals surface area contributed by atoms with Gasteiger partial charge >= 0.3 is 0 Å². The molecule has 0 aromatic carbocycles. The van der Waals surface area contributed by atoms with Gasteiger partial charge in [0.2, 0.25) is 0 Å². The van der Waals surface area contributed by atoms with E-state index >= 15 is 0 Å². The fourth-order valence-corrected chi connectivity index (χ4v) is 1.14. The van der Waals surface area contributed by atoms with Crippen molar-refractivity contribution in [1.29, 1.82) is 0 Å². The van der Waals surface area contributed by atoms with Crippen LogP contribution in [0, 0.1) is 0 Å². The summed E-state index contributed by atoms with van der Waals surface area (Å²) in [6.07, 6.45) is 6.73. The van der Waals surface area contributed by atoms with E-state index in [1.54, 1.807) is 29.7 Å². The summed E-state index contributed by atoms with van der Waals surface area (Å²) in [7, 11) is 0. The minimum absolute atomic E-state index is 0.577. The maximum atomic E-state index is 5.64. The highest BCUT2D eigenvalue weighted by Crippen LogP contribution is 2.22. The van der Waals surface area contributed by atoms with Crippen molar-refractivity contribution in [3.63, 3.8) is 0 Å². The van der Waals surface area contributed by atoms with Gasteiger partial charge in [-0.05, 0) is 0 Å². The Hall–Kier alpha value is -1.66. The number of hydrogen-bond donors (Lipinski definition) is 3. The monoisotopic (exact) mass is 166 g/mol. The molecule has 0 bridgehead atoms. The number of nitrogens with two attached hydrogens (primary N) is 3. The van der Waals surface area contributed by atoms with Crippen molar-refractivity contribution >= 4 is 0 Å². The standard InChI is InChI=1S/C6H10N6/c7-5-3-12(9)6-4-10(8)1-2-11(5)6/h1-4H,7-9H2. The van der Waals surface area contributed by atoms with Gasteiger partial charge in [0.05, 0.1) is 12.4 Å². The predicted molar refractivity (Wildman–Crippen MR) is 43.4 cm³/mol. The molecular formula is C6H10N6. The Balaban J connectivity index is 2.35. The lowest BCUT2D eigenvalue weighted by Gasteiger charge is -2.25. The minimum Gasteiger partial charge on any atom is -0.384 e. The summed E-state index contributed by atoms with van der Waals surface area (Å²) in [6.45, 7) is 0. The summed E-state index contributed by atoms with van der Waals surface area (Å²) >= 11 is 0. The van der Waals surface area contributed by atoms with Crippen LogP contribution in [0.15, 0.2) is 36.4 Å². The molecule has 0 fully saturated rings. The Morgan fingerprint density at radius 2 is 1.83 bits per heavy atom. The molecule has 2 rings (SSSR count). The molecule has 0 saturated heterocycles. The molecule has 0 atom stereocenters. The van der Waals surface area contributed by atoms with Crippen LogP contribution in [0.1, 0.15) is 0 Å². The minimum atomic E-state index is 0.577. The summed E-state index contributed by atoms with van der Waals surface area (Å²) in [4.78, 5) is 1.74. The van der Waals surface area contributed by atoms with Crippen molar-refractivity contribution in [3.05, 3.63) is 36.4 Å². The second-order valence-corrected chi connectivity index (χ2v) is 2.56. The van der Waals surface area contributed by atoms with Crippen molar-refractivity contribution in [1.82, 2.24) is 14.9 Å². The molecule has 0 saturated carbocycles. The van der Waals surface area contributed by atoms with E-state index < -0.39 is 0 Å². The van der Waals surface area contributed by atoms with E-state index in [4.69, 9.17) is 17.4 Å². The van der Waals surface area contributed by atoms with Crippen molar-refractivity contribution < 1.29 is 0 Å². The Morgan fingerprint density at radius 3 is 2.58 bits per heavy atom. The predicted octanol–water partition coefficient (Wildman–Crippen LogP) is -1.31. The fraction of sp³-hybridized carbons (Fsp3) is 0. The summed E-state index contributed by atoms with van der Waals surface area (Å²) in [5.41, 5.74) is 5.64. The van der Waals surface area contributed by atoms with Crippen molar-refractivity contribution in [2.24, 2.45) is 17.4 Å². The summed E-state index contributed by atoms with van der Waals surface area (Å²) in [5.74, 6) is 12.4. The van der Waals surface area contributed by atoms with E-state index in [0.29, 0.717) is 5.82 Å². The smallest absolute Gasteiger partial charge is 0.151 e. The van der Waals surface area contributed by atoms with Gasteiger partial charge in [0.1, 0.15) is 5.82 Å². The van der Waals surface area contributed by atoms with Crippen LogP contribution >= 0.6 is 0 Å². The van der Waals surface area contributed by atoms with Crippen LogP contribution in [0.4, 0.5) is 0 Å². The van der Waals surface area contributed by atoms with Gasteiger partial charge in [-0.1, -0.05) is 0 Å². The second kappa shape index (κ2) is 2.16. The highest BCUT2D eigenvalue weighted by molar-refractivity contribution is 5.24. The fourth-order valence-electron chi connectivity index (χ4n) is 1.14. The lowest BCUT2D eigenvalue weighted by molar-refractivity contribution is 0.366. The lowest BCUT2D eigenvalue weighted by Crippen LogP contribution is -2.34. The van der Waals surface area contributed by atoms with Crippen molar-refractivity contribution in [3.8, 4) is 0 Å². The van der Waals surface area contributed by atoms with E-state index in [1.165, 1.54) is 10.0 Å². The Bertz CT molecular complexity index is 290. The molecule has 0 aromatic heterocycles. The third-order valence-electron chi connectivity index (χ3n) is 1.71. The van der Waals surface area contributed by atoms with Crippen LogP contribution in [0.5, 0.6) is 0 Å². The first kappa shape index (κ1) is 7.01. The first-order chi connectivity index (χ1) is 5.68. The topological polar surface area (TPSA) is 87.8 Å². The number of hydrazine groups is 2. The number of fused-ring (bicyclic) bond motifs is 1. The van der Waals surface area contributed by atoms with Crippen LogP contribution < -0.4 is 17.4 Å². The van der Waals surface area contributed by atoms with Gasteiger partial charge in [-0.2, -0.15) is 0 Å². The molecule has 2 aliphatic heterocycles. The zero-order valence-corrected chi connectivity index (χ0v) is 6.38. The van der Waals surface area contributed by atoms with Gasteiger partial charge in [-0.3, -0.25) is 14.9 Å². The zero-order valence-electron chi connectivity index (χ0n) is 6.38. The summed E-state index contributed by atoms with van der Waals surface area (Å²) in [6, 6.07) is 0. The van der Waals surface area contributed by atoms with Gasteiger partial charge < -0.3 is 5.73 Å². The average molecular weight is 166 g/mol. The highest BCUT2D eigenvalue weighted by Gasteiger charge is 2.23. The number of hydrogen-bond acceptors (Lipinski definition) is 6. The van der Waals surface area contributed by atoms with E-state index in [2.05, 4.69) is 0 Å². The Kier molecular flexibility index (Phi) is 1.26. The number of rotatable bonds is 0. The third-order valence-corrected chi connectivity index (χ3v) is 1.71. The van der Waals surface area contributed by atoms with E-state index in [-0.39, 0.29) is 0 Å². The summed E-state index contributed by atoms with van der Waals surface area (Å²) < 4.78 is 0. The normalized spacial score (nSPS) is 21.0. The molecule has 64 valence electrons. The molecule has 2 aliphatic rings. The van der Waals surface area contributed by atoms with Crippen LogP contribution in [0.3, 0.4) is 0 Å². The molecule has 0 aliphatic carbocycles. The Morgan fingerprint density at radius 1 is 1.08 bits per heavy atom. The Labute approximate surface area is 69.7 Å². The quantitative estimate of drug-likeness (QED) is 0.387. The first-order valence-corrected chi connectivity index (χ1v) is 3.42. The summed E-state index contributed by atoms with van der Waals surface area (Å²) in [5, 5.41) is 2.83. The molecule has 0 spiro atoms. The van der Waals surface area contributed by atoms with Gasteiger partial charge in [-0.25, -0.2) is 11.7 Å². The molecule has 6 nitrogen and oxygen atoms in total. The van der Waals surface area contributed by atoms with Gasteiger partial charge in [0.25, 0.3) is 0 Å². The molecule has 0 aromatic rings. The van der Waals surface area contributed by atoms with Crippen LogP contribution in [-0.2, 0) is 0 Å². The molecular weight excluding hydrogens is 156 g/mol. The van der Waals surface area contributed by atoms with E-state index in [0.717, 1.165) is 5.82 Å². The molecule has 6 heteroatoms. The zero-order chi connectivity index (χ0) is 8.72. The lowest BCUT2D eigenvalue weighted by atomic mass is 10.5. The number of nitrogens with zero attached hydrogens (tertiary/aromatic N) is 3. The van der Waals surface area contributed by atoms with Gasteiger partial charge in [-0.15, -0.1) is 0 Å². The van der Waals surface area contributed by atoms with Crippen LogP contribution in [0.2, 0.25) is 0 Å². The van der Waals surface area contributed by atoms with Gasteiger partial charge in [0.15, 0.2) is 5.82 Å². The van der Waals surface area contributed by atoms with Crippen LogP contribution in [0.25, 0.3) is 0 Å². The molecule has 12 heavy (non-hydrogen) atoms. The SMILES string of the molecule is NC1=CN(N)C2=CN(N)C=CN12. The van der Waals surface area contributed by atoms with Crippen molar-refractivity contribution in [2.75, 3.05) is 0 Å². The van der Waals surface area contributed by atoms with Crippen LogP contribution in [-0.4, -0.2) is 14.9 Å². The maximum absolute atomic E-state index is 5.64. The second-order valence-electron chi connectivity index (χ2n) is 2.56. The van der Waals surface area contributed by atoms with Gasteiger partial charge in [0, 0.05) is 12.4 Å². The molecule has 0 amide bonds. The largest absolute Gasteiger partial charge is 0.384 e. The van der Waals surface area contributed by atoms with E-state index in [1.807, 2.05) is 0 Å². The maximum Gasteiger partial charge on any atom is 0.151 e. The van der Waals surface area contributed by atoms with E-state index in [9.17, 15) is 0 Å². The van der Waals surface area contributed by atoms with Crippen molar-refractivity contribution in [2.45, 2.75) is 0 Å². The third kappa shape index (κ3) is 0.825. The molecule has 0 unspecified atom stereocenters. The average Bonchev–Trinajstić information content (AvgIpc) is 2.28. The molecule has 6 N–H and O–H groups in total. The first-order valence-electron chi connectivity index (χ1n) is 3.42. The molecule has 0 radical (unpaired) electrons. The highest BCUT2D eigenvalue weighted by atomic mass is 15.6. The molecule has 2 heterocycles.